The molecule has 31 heavy (non-hydrogen) atoms. The number of nitrogens with zero attached hydrogens (tertiary/aromatic N) is 1. The van der Waals surface area contributed by atoms with Crippen molar-refractivity contribution in [2.45, 2.75) is 25.8 Å². The van der Waals surface area contributed by atoms with E-state index >= 15 is 0 Å². The fourth-order valence-electron chi connectivity index (χ4n) is 2.85. The molecule has 1 aliphatic rings. The monoisotopic (exact) mass is 424 g/mol. The van der Waals surface area contributed by atoms with Crippen LogP contribution in [0, 0.1) is 5.92 Å². The number of rotatable bonds is 10. The summed E-state index contributed by atoms with van der Waals surface area (Å²) in [5.41, 5.74) is 0.764. The van der Waals surface area contributed by atoms with Crippen molar-refractivity contribution in [3.8, 4) is 34.6 Å². The van der Waals surface area contributed by atoms with E-state index in [0.29, 0.717) is 23.3 Å². The van der Waals surface area contributed by atoms with Gasteiger partial charge < -0.3 is 29.1 Å². The first-order valence-corrected chi connectivity index (χ1v) is 10.1. The summed E-state index contributed by atoms with van der Waals surface area (Å²) in [6.07, 6.45) is 2.93. The lowest BCUT2D eigenvalue weighted by molar-refractivity contribution is 0.183. The summed E-state index contributed by atoms with van der Waals surface area (Å²) in [5, 5.41) is 11.0. The first kappa shape index (κ1) is 20.6. The highest BCUT2D eigenvalue weighted by Crippen LogP contribution is 2.32. The number of nitrogens with one attached hydrogen (secondary N) is 1. The third-order valence-corrected chi connectivity index (χ3v) is 4.66. The minimum atomic E-state index is -1.08. The van der Waals surface area contributed by atoms with Crippen LogP contribution in [0.1, 0.15) is 19.8 Å². The number of aromatic nitrogens is 1. The molecule has 8 nitrogen and oxygen atoms in total. The molecule has 0 unspecified atom stereocenters. The molecular formula is C23H24N2O6. The normalized spacial score (nSPS) is 14.0. The summed E-state index contributed by atoms with van der Waals surface area (Å²) in [4.78, 5) is 14.9. The Kier molecular flexibility index (Phi) is 6.26. The van der Waals surface area contributed by atoms with Crippen molar-refractivity contribution in [3.05, 3.63) is 54.7 Å². The number of ether oxygens (including phenoxy) is 3. The Morgan fingerprint density at radius 3 is 2.68 bits per heavy atom. The zero-order valence-electron chi connectivity index (χ0n) is 17.1. The minimum Gasteiger partial charge on any atom is -0.493 e. The molecule has 0 radical (unpaired) electrons. The van der Waals surface area contributed by atoms with Crippen molar-refractivity contribution < 1.29 is 28.5 Å². The van der Waals surface area contributed by atoms with Gasteiger partial charge in [0.15, 0.2) is 0 Å². The molecule has 1 fully saturated rings. The largest absolute Gasteiger partial charge is 0.493 e. The Morgan fingerprint density at radius 1 is 1.16 bits per heavy atom. The van der Waals surface area contributed by atoms with Crippen LogP contribution < -0.4 is 19.5 Å². The van der Waals surface area contributed by atoms with Crippen LogP contribution in [0.5, 0.6) is 23.2 Å². The quantitative estimate of drug-likeness (QED) is 0.474. The van der Waals surface area contributed by atoms with Crippen LogP contribution in [0.25, 0.3) is 11.5 Å². The molecule has 8 heteroatoms. The third kappa shape index (κ3) is 6.15. The molecule has 0 saturated heterocycles. The molecule has 2 aromatic carbocycles. The van der Waals surface area contributed by atoms with Crippen molar-refractivity contribution in [2.75, 3.05) is 13.2 Å². The molecule has 0 aliphatic heterocycles. The number of hydrogen-bond donors (Lipinski definition) is 2. The van der Waals surface area contributed by atoms with Gasteiger partial charge in [-0.1, -0.05) is 6.07 Å². The highest BCUT2D eigenvalue weighted by Gasteiger charge is 2.22. The van der Waals surface area contributed by atoms with Gasteiger partial charge in [-0.25, -0.2) is 9.78 Å². The summed E-state index contributed by atoms with van der Waals surface area (Å²) >= 11 is 0. The Hall–Kier alpha value is -3.68. The van der Waals surface area contributed by atoms with E-state index in [1.807, 2.05) is 36.4 Å². The summed E-state index contributed by atoms with van der Waals surface area (Å²) in [6.45, 7) is 2.70. The van der Waals surface area contributed by atoms with E-state index in [-0.39, 0.29) is 18.6 Å². The average Bonchev–Trinajstić information content (AvgIpc) is 3.48. The van der Waals surface area contributed by atoms with Crippen LogP contribution in [0.4, 0.5) is 4.79 Å². The number of hydrogen-bond acceptors (Lipinski definition) is 6. The third-order valence-electron chi connectivity index (χ3n) is 4.66. The van der Waals surface area contributed by atoms with Gasteiger partial charge in [-0.15, -0.1) is 0 Å². The Morgan fingerprint density at radius 2 is 1.94 bits per heavy atom. The van der Waals surface area contributed by atoms with Crippen LogP contribution in [-0.4, -0.2) is 35.4 Å². The summed E-state index contributed by atoms with van der Waals surface area (Å²) in [5.74, 6) is 3.39. The van der Waals surface area contributed by atoms with Crippen molar-refractivity contribution in [1.29, 1.82) is 0 Å². The average molecular weight is 424 g/mol. The molecule has 1 aliphatic carbocycles. The van der Waals surface area contributed by atoms with E-state index in [0.717, 1.165) is 17.9 Å². The van der Waals surface area contributed by atoms with Crippen molar-refractivity contribution in [2.24, 2.45) is 5.92 Å². The molecule has 1 atom stereocenters. The van der Waals surface area contributed by atoms with Gasteiger partial charge >= 0.3 is 12.0 Å². The van der Waals surface area contributed by atoms with Gasteiger partial charge in [-0.2, -0.15) is 0 Å². The molecule has 1 amide bonds. The Bertz CT molecular complexity index is 1010. The van der Waals surface area contributed by atoms with E-state index in [1.54, 1.807) is 19.1 Å². The minimum absolute atomic E-state index is 0.228. The van der Waals surface area contributed by atoms with E-state index in [2.05, 4.69) is 10.3 Å². The molecular weight excluding hydrogens is 400 g/mol. The van der Waals surface area contributed by atoms with E-state index in [4.69, 9.17) is 23.7 Å². The van der Waals surface area contributed by atoms with E-state index < -0.39 is 6.09 Å². The van der Waals surface area contributed by atoms with E-state index in [9.17, 15) is 4.79 Å². The maximum atomic E-state index is 10.6. The smallest absolute Gasteiger partial charge is 0.404 e. The first-order valence-electron chi connectivity index (χ1n) is 10.1. The molecule has 3 aromatic rings. The highest BCUT2D eigenvalue weighted by atomic mass is 16.6. The number of benzene rings is 2. The van der Waals surface area contributed by atoms with Gasteiger partial charge in [-0.05, 0) is 62.1 Å². The Balaban J connectivity index is 1.33. The predicted octanol–water partition coefficient (Wildman–Crippen LogP) is 4.96. The molecule has 0 spiro atoms. The first-order chi connectivity index (χ1) is 15.0. The molecule has 0 bridgehead atoms. The van der Waals surface area contributed by atoms with Crippen molar-refractivity contribution in [1.82, 2.24) is 10.3 Å². The van der Waals surface area contributed by atoms with Crippen molar-refractivity contribution in [3.63, 3.8) is 0 Å². The Labute approximate surface area is 179 Å². The SMILES string of the molecule is C[C@@H](COc1ccc(-c2ncc(Oc3cccc(OCC4CC4)c3)o2)cc1)NC(=O)O. The predicted molar refractivity (Wildman–Crippen MR) is 113 cm³/mol. The van der Waals surface area contributed by atoms with Gasteiger partial charge in [0.2, 0.25) is 5.89 Å². The fraction of sp³-hybridized carbons (Fsp3) is 0.304. The van der Waals surface area contributed by atoms with Gasteiger partial charge in [0.1, 0.15) is 30.1 Å². The zero-order chi connectivity index (χ0) is 21.6. The zero-order valence-corrected chi connectivity index (χ0v) is 17.1. The number of carbonyl (C=O) groups is 1. The van der Waals surface area contributed by atoms with Gasteiger partial charge in [0, 0.05) is 11.6 Å². The van der Waals surface area contributed by atoms with Crippen LogP contribution >= 0.6 is 0 Å². The summed E-state index contributed by atoms with van der Waals surface area (Å²) in [6, 6.07) is 14.3. The lowest BCUT2D eigenvalue weighted by Crippen LogP contribution is -2.35. The van der Waals surface area contributed by atoms with Crippen LogP contribution in [0.3, 0.4) is 0 Å². The lowest BCUT2D eigenvalue weighted by atomic mass is 10.2. The second-order valence-electron chi connectivity index (χ2n) is 7.50. The van der Waals surface area contributed by atoms with Gasteiger partial charge in [0.25, 0.3) is 0 Å². The summed E-state index contributed by atoms with van der Waals surface area (Å²) < 4.78 is 22.8. The molecule has 1 saturated carbocycles. The second-order valence-corrected chi connectivity index (χ2v) is 7.50. The molecule has 2 N–H and O–H groups in total. The number of carboxylic acid groups (broad SMARTS) is 1. The lowest BCUT2D eigenvalue weighted by Gasteiger charge is -2.12. The maximum absolute atomic E-state index is 10.6. The van der Waals surface area contributed by atoms with Crippen LogP contribution in [-0.2, 0) is 0 Å². The second kappa shape index (κ2) is 9.42. The maximum Gasteiger partial charge on any atom is 0.404 e. The number of oxazole rings is 1. The van der Waals surface area contributed by atoms with Crippen LogP contribution in [0.2, 0.25) is 0 Å². The fourth-order valence-corrected chi connectivity index (χ4v) is 2.85. The van der Waals surface area contributed by atoms with Crippen LogP contribution in [0.15, 0.2) is 59.1 Å². The summed E-state index contributed by atoms with van der Waals surface area (Å²) in [7, 11) is 0. The topological polar surface area (TPSA) is 103 Å². The molecule has 4 rings (SSSR count). The molecule has 162 valence electrons. The van der Waals surface area contributed by atoms with E-state index in [1.165, 1.54) is 19.0 Å². The number of amides is 1. The van der Waals surface area contributed by atoms with Gasteiger partial charge in [-0.3, -0.25) is 0 Å². The molecule has 1 aromatic heterocycles. The molecule has 1 heterocycles. The van der Waals surface area contributed by atoms with Gasteiger partial charge in [0.05, 0.1) is 12.6 Å². The standard InChI is InChI=1S/C23H24N2O6/c1-15(25-23(26)27)13-28-18-9-7-17(8-10-18)22-24-12-21(31-22)30-20-4-2-3-19(11-20)29-14-16-5-6-16/h2-4,7-12,15-16,25H,5-6,13-14H2,1H3,(H,26,27)/t15-/m0/s1. The van der Waals surface area contributed by atoms with Crippen molar-refractivity contribution >= 4 is 6.09 Å². The highest BCUT2D eigenvalue weighted by molar-refractivity contribution is 5.64.